The Hall–Kier alpha value is -1.02. The first-order chi connectivity index (χ1) is 8.13. The van der Waals surface area contributed by atoms with Gasteiger partial charge in [-0.1, -0.05) is 25.5 Å². The predicted octanol–water partition coefficient (Wildman–Crippen LogP) is 2.76. The third-order valence-corrected chi connectivity index (χ3v) is 5.09. The quantitative estimate of drug-likeness (QED) is 0.803. The van der Waals surface area contributed by atoms with Gasteiger partial charge in [0.2, 0.25) is 0 Å². The molecule has 3 atom stereocenters. The normalized spacial score (nSPS) is 37.3. The molecule has 1 saturated carbocycles. The summed E-state index contributed by atoms with van der Waals surface area (Å²) in [5.74, 6) is 1.10. The summed E-state index contributed by atoms with van der Waals surface area (Å²) in [4.78, 5) is 2.52. The molecule has 1 N–H and O–H groups in total. The van der Waals surface area contributed by atoms with Crippen molar-refractivity contribution in [3.05, 3.63) is 29.8 Å². The van der Waals surface area contributed by atoms with Crippen molar-refractivity contribution in [2.75, 3.05) is 13.6 Å². The Balaban J connectivity index is 2.06. The number of phenols is 1. The fraction of sp³-hybridized carbons (Fsp3) is 0.600. The van der Waals surface area contributed by atoms with E-state index in [-0.39, 0.29) is 5.41 Å². The van der Waals surface area contributed by atoms with Crippen LogP contribution in [0, 0.1) is 5.92 Å². The number of rotatable bonds is 1. The van der Waals surface area contributed by atoms with Crippen LogP contribution in [0.4, 0.5) is 0 Å². The van der Waals surface area contributed by atoms with Gasteiger partial charge in [-0.3, -0.25) is 0 Å². The summed E-state index contributed by atoms with van der Waals surface area (Å²) in [6.07, 6.45) is 3.91. The molecule has 2 bridgehead atoms. The highest BCUT2D eigenvalue weighted by molar-refractivity contribution is 5.36. The van der Waals surface area contributed by atoms with E-state index in [1.165, 1.54) is 24.8 Å². The minimum absolute atomic E-state index is 0.274. The second kappa shape index (κ2) is 3.74. The predicted molar refractivity (Wildman–Crippen MR) is 69.2 cm³/mol. The first kappa shape index (κ1) is 11.1. The maximum absolute atomic E-state index is 9.71. The molecule has 0 amide bonds. The summed E-state index contributed by atoms with van der Waals surface area (Å²) < 4.78 is 0. The van der Waals surface area contributed by atoms with Crippen molar-refractivity contribution in [1.82, 2.24) is 4.90 Å². The fourth-order valence-corrected chi connectivity index (χ4v) is 4.17. The van der Waals surface area contributed by atoms with Crippen LogP contribution in [-0.4, -0.2) is 29.6 Å². The van der Waals surface area contributed by atoms with E-state index in [2.05, 4.69) is 24.9 Å². The Morgan fingerprint density at radius 1 is 1.41 bits per heavy atom. The van der Waals surface area contributed by atoms with Crippen molar-refractivity contribution < 1.29 is 5.11 Å². The van der Waals surface area contributed by atoms with Crippen molar-refractivity contribution in [2.45, 2.75) is 37.6 Å². The van der Waals surface area contributed by atoms with Crippen LogP contribution in [0.15, 0.2) is 24.3 Å². The van der Waals surface area contributed by atoms with E-state index in [0.717, 1.165) is 12.6 Å². The van der Waals surface area contributed by atoms with Crippen molar-refractivity contribution in [2.24, 2.45) is 5.92 Å². The second-order valence-corrected chi connectivity index (χ2v) is 5.87. The van der Waals surface area contributed by atoms with Gasteiger partial charge in [-0.25, -0.2) is 0 Å². The highest BCUT2D eigenvalue weighted by atomic mass is 16.3. The van der Waals surface area contributed by atoms with Crippen LogP contribution in [0.3, 0.4) is 0 Å². The lowest BCUT2D eigenvalue weighted by Crippen LogP contribution is -2.38. The van der Waals surface area contributed by atoms with Crippen molar-refractivity contribution in [3.8, 4) is 5.75 Å². The van der Waals surface area contributed by atoms with E-state index >= 15 is 0 Å². The number of benzene rings is 1. The zero-order chi connectivity index (χ0) is 12.0. The molecule has 2 heteroatoms. The van der Waals surface area contributed by atoms with E-state index in [1.807, 2.05) is 12.1 Å². The van der Waals surface area contributed by atoms with Gasteiger partial charge < -0.3 is 10.0 Å². The molecule has 1 aromatic rings. The zero-order valence-electron chi connectivity index (χ0n) is 10.7. The smallest absolute Gasteiger partial charge is 0.115 e. The minimum atomic E-state index is 0.274. The van der Waals surface area contributed by atoms with Gasteiger partial charge >= 0.3 is 0 Å². The van der Waals surface area contributed by atoms with Gasteiger partial charge in [0.05, 0.1) is 0 Å². The molecule has 3 unspecified atom stereocenters. The summed E-state index contributed by atoms with van der Waals surface area (Å²) in [7, 11) is 2.25. The molecule has 1 aliphatic carbocycles. The SMILES string of the molecule is CC1C2CCCC1(c1cccc(O)c1)CN2C. The number of likely N-dealkylation sites (N-methyl/N-ethyl adjacent to an activating group) is 1. The molecule has 0 aromatic heterocycles. The Labute approximate surface area is 103 Å². The lowest BCUT2D eigenvalue weighted by Gasteiger charge is -2.38. The standard InChI is InChI=1S/C15H21NO/c1-11-14-7-4-8-15(11,10-16(14)2)12-5-3-6-13(17)9-12/h3,5-6,9,11,14,17H,4,7-8,10H2,1-2H3. The maximum Gasteiger partial charge on any atom is 0.115 e. The van der Waals surface area contributed by atoms with Crippen LogP contribution in [0.5, 0.6) is 5.75 Å². The van der Waals surface area contributed by atoms with Gasteiger partial charge in [0.25, 0.3) is 0 Å². The lowest BCUT2D eigenvalue weighted by molar-refractivity contribution is 0.219. The van der Waals surface area contributed by atoms with Crippen LogP contribution in [-0.2, 0) is 5.41 Å². The molecule has 92 valence electrons. The Morgan fingerprint density at radius 3 is 3.00 bits per heavy atom. The van der Waals surface area contributed by atoms with Gasteiger partial charge in [-0.15, -0.1) is 0 Å². The third-order valence-electron chi connectivity index (χ3n) is 5.09. The molecule has 0 radical (unpaired) electrons. The first-order valence-corrected chi connectivity index (χ1v) is 6.63. The number of fused-ring (bicyclic) bond motifs is 2. The van der Waals surface area contributed by atoms with Gasteiger partial charge in [-0.2, -0.15) is 0 Å². The molecule has 2 aliphatic rings. The number of hydrogen-bond donors (Lipinski definition) is 1. The molecule has 2 fully saturated rings. The molecular formula is C15H21NO. The molecule has 0 spiro atoms. The van der Waals surface area contributed by atoms with Crippen molar-refractivity contribution in [3.63, 3.8) is 0 Å². The highest BCUT2D eigenvalue weighted by Crippen LogP contribution is 2.50. The van der Waals surface area contributed by atoms with E-state index in [9.17, 15) is 5.11 Å². The average molecular weight is 231 g/mol. The van der Waals surface area contributed by atoms with E-state index < -0.39 is 0 Å². The Bertz CT molecular complexity index is 431. The molecule has 1 saturated heterocycles. The van der Waals surface area contributed by atoms with Crippen LogP contribution < -0.4 is 0 Å². The van der Waals surface area contributed by atoms with E-state index in [4.69, 9.17) is 0 Å². The summed E-state index contributed by atoms with van der Waals surface area (Å²) in [5.41, 5.74) is 1.61. The lowest BCUT2D eigenvalue weighted by atomic mass is 9.64. The fourth-order valence-electron chi connectivity index (χ4n) is 4.17. The summed E-state index contributed by atoms with van der Waals surface area (Å²) in [5, 5.41) is 9.71. The molecule has 3 rings (SSSR count). The van der Waals surface area contributed by atoms with E-state index in [0.29, 0.717) is 11.7 Å². The molecule has 2 nitrogen and oxygen atoms in total. The van der Waals surface area contributed by atoms with Crippen LogP contribution in [0.1, 0.15) is 31.7 Å². The number of aromatic hydroxyl groups is 1. The number of phenolic OH excluding ortho intramolecular Hbond substituents is 1. The average Bonchev–Trinajstić information content (AvgIpc) is 2.48. The molecule has 1 heterocycles. The van der Waals surface area contributed by atoms with Crippen LogP contribution >= 0.6 is 0 Å². The van der Waals surface area contributed by atoms with Crippen LogP contribution in [0.25, 0.3) is 0 Å². The van der Waals surface area contributed by atoms with Gasteiger partial charge in [0, 0.05) is 18.0 Å². The monoisotopic (exact) mass is 231 g/mol. The molecule has 1 aromatic carbocycles. The summed E-state index contributed by atoms with van der Waals surface area (Å²) in [6.45, 7) is 3.53. The van der Waals surface area contributed by atoms with Crippen LogP contribution in [0.2, 0.25) is 0 Å². The molecule has 17 heavy (non-hydrogen) atoms. The number of hydrogen-bond acceptors (Lipinski definition) is 2. The van der Waals surface area contributed by atoms with Gasteiger partial charge in [0.1, 0.15) is 5.75 Å². The number of likely N-dealkylation sites (tertiary alicyclic amines) is 1. The van der Waals surface area contributed by atoms with Gasteiger partial charge in [0.15, 0.2) is 0 Å². The highest BCUT2D eigenvalue weighted by Gasteiger charge is 2.51. The van der Waals surface area contributed by atoms with Gasteiger partial charge in [-0.05, 0) is 43.5 Å². The maximum atomic E-state index is 9.71. The minimum Gasteiger partial charge on any atom is -0.508 e. The summed E-state index contributed by atoms with van der Waals surface area (Å²) in [6, 6.07) is 8.64. The van der Waals surface area contributed by atoms with Crippen molar-refractivity contribution in [1.29, 1.82) is 0 Å². The Morgan fingerprint density at radius 2 is 2.24 bits per heavy atom. The largest absolute Gasteiger partial charge is 0.508 e. The second-order valence-electron chi connectivity index (χ2n) is 5.87. The number of nitrogens with zero attached hydrogens (tertiary/aromatic N) is 1. The Kier molecular flexibility index (Phi) is 2.44. The first-order valence-electron chi connectivity index (χ1n) is 6.63. The zero-order valence-corrected chi connectivity index (χ0v) is 10.7. The van der Waals surface area contributed by atoms with E-state index in [1.54, 1.807) is 6.07 Å². The topological polar surface area (TPSA) is 23.5 Å². The molecule has 1 aliphatic heterocycles. The third kappa shape index (κ3) is 1.50. The van der Waals surface area contributed by atoms with Crippen molar-refractivity contribution >= 4 is 0 Å². The molecular weight excluding hydrogens is 210 g/mol. The summed E-state index contributed by atoms with van der Waals surface area (Å²) >= 11 is 0.